The van der Waals surface area contributed by atoms with Gasteiger partial charge in [-0.05, 0) is 43.2 Å². The highest BCUT2D eigenvalue weighted by molar-refractivity contribution is 7.17. The molecule has 2 aromatic rings. The summed E-state index contributed by atoms with van der Waals surface area (Å²) in [6, 6.07) is 9.70. The van der Waals surface area contributed by atoms with Gasteiger partial charge in [-0.15, -0.1) is 11.3 Å². The minimum Gasteiger partial charge on any atom is -0.481 e. The van der Waals surface area contributed by atoms with Gasteiger partial charge in [-0.25, -0.2) is 0 Å². The van der Waals surface area contributed by atoms with E-state index in [-0.39, 0.29) is 11.8 Å². The number of carboxylic acids is 1. The normalized spacial score (nSPS) is 20.4. The first-order valence-electron chi connectivity index (χ1n) is 10.5. The zero-order valence-electron chi connectivity index (χ0n) is 16.8. The van der Waals surface area contributed by atoms with Gasteiger partial charge in [0.25, 0.3) is 5.91 Å². The monoisotopic (exact) mass is 426 g/mol. The molecule has 6 nitrogen and oxygen atoms in total. The SMILES string of the molecule is O=C(NCc1ccccc1)c1c(NC(=O)[C@@H]2CCCC[C@@H]2C(=O)O)sc2c1CCC2. The van der Waals surface area contributed by atoms with Crippen molar-refractivity contribution in [1.29, 1.82) is 0 Å². The first-order chi connectivity index (χ1) is 14.5. The van der Waals surface area contributed by atoms with Crippen LogP contribution in [0.1, 0.15) is 58.5 Å². The largest absolute Gasteiger partial charge is 0.481 e. The Kier molecular flexibility index (Phi) is 6.18. The van der Waals surface area contributed by atoms with Crippen molar-refractivity contribution in [2.24, 2.45) is 11.8 Å². The molecular weight excluding hydrogens is 400 g/mol. The third-order valence-corrected chi connectivity index (χ3v) is 7.31. The zero-order chi connectivity index (χ0) is 21.1. The molecule has 1 aromatic heterocycles. The third-order valence-electron chi connectivity index (χ3n) is 6.10. The standard InChI is InChI=1S/C23H26N2O4S/c26-20(15-9-4-5-10-16(15)23(28)29)25-22-19(17-11-6-12-18(17)30-22)21(27)24-13-14-7-2-1-3-8-14/h1-3,7-8,15-16H,4-6,9-13H2,(H,24,27)(H,25,26)(H,28,29)/t15-,16+/m1/s1. The maximum Gasteiger partial charge on any atom is 0.307 e. The van der Waals surface area contributed by atoms with Gasteiger partial charge >= 0.3 is 5.97 Å². The van der Waals surface area contributed by atoms with E-state index < -0.39 is 17.8 Å². The lowest BCUT2D eigenvalue weighted by Gasteiger charge is -2.27. The van der Waals surface area contributed by atoms with E-state index in [1.54, 1.807) is 0 Å². The number of nitrogens with one attached hydrogen (secondary N) is 2. The smallest absolute Gasteiger partial charge is 0.307 e. The number of fused-ring (bicyclic) bond motifs is 1. The summed E-state index contributed by atoms with van der Waals surface area (Å²) in [7, 11) is 0. The summed E-state index contributed by atoms with van der Waals surface area (Å²) in [5.41, 5.74) is 2.59. The molecule has 30 heavy (non-hydrogen) atoms. The summed E-state index contributed by atoms with van der Waals surface area (Å²) < 4.78 is 0. The lowest BCUT2D eigenvalue weighted by molar-refractivity contribution is -0.147. The third kappa shape index (κ3) is 4.26. The highest BCUT2D eigenvalue weighted by Gasteiger charge is 2.37. The maximum atomic E-state index is 13.0. The van der Waals surface area contributed by atoms with Crippen LogP contribution in [0.15, 0.2) is 30.3 Å². The van der Waals surface area contributed by atoms with Gasteiger partial charge in [0.15, 0.2) is 0 Å². The number of benzene rings is 1. The van der Waals surface area contributed by atoms with Gasteiger partial charge in [0.1, 0.15) is 5.00 Å². The molecule has 158 valence electrons. The minimum absolute atomic E-state index is 0.188. The van der Waals surface area contributed by atoms with Crippen LogP contribution in [0.5, 0.6) is 0 Å². The molecule has 2 aliphatic carbocycles. The summed E-state index contributed by atoms with van der Waals surface area (Å²) in [5.74, 6) is -2.58. The Morgan fingerprint density at radius 1 is 1.00 bits per heavy atom. The first-order valence-corrected chi connectivity index (χ1v) is 11.4. The molecule has 1 aromatic carbocycles. The number of anilines is 1. The van der Waals surface area contributed by atoms with Gasteiger partial charge in [-0.2, -0.15) is 0 Å². The van der Waals surface area contributed by atoms with Crippen molar-refractivity contribution >= 4 is 34.1 Å². The van der Waals surface area contributed by atoms with Crippen LogP contribution >= 0.6 is 11.3 Å². The number of carbonyl (C=O) groups excluding carboxylic acids is 2. The molecule has 7 heteroatoms. The average molecular weight is 427 g/mol. The van der Waals surface area contributed by atoms with Crippen LogP contribution in [0.4, 0.5) is 5.00 Å². The van der Waals surface area contributed by atoms with Crippen LogP contribution in [0, 0.1) is 11.8 Å². The number of carboxylic acid groups (broad SMARTS) is 1. The second kappa shape index (κ2) is 9.00. The molecule has 2 atom stereocenters. The molecule has 4 rings (SSSR count). The summed E-state index contributed by atoms with van der Waals surface area (Å²) >= 11 is 1.46. The van der Waals surface area contributed by atoms with Crippen LogP contribution < -0.4 is 10.6 Å². The molecule has 2 aliphatic rings. The Labute approximate surface area is 179 Å². The Morgan fingerprint density at radius 2 is 1.73 bits per heavy atom. The van der Waals surface area contributed by atoms with E-state index in [9.17, 15) is 19.5 Å². The Morgan fingerprint density at radius 3 is 2.47 bits per heavy atom. The Balaban J connectivity index is 1.53. The van der Waals surface area contributed by atoms with Crippen molar-refractivity contribution in [2.75, 3.05) is 5.32 Å². The van der Waals surface area contributed by atoms with Crippen LogP contribution in [-0.4, -0.2) is 22.9 Å². The van der Waals surface area contributed by atoms with Crippen molar-refractivity contribution in [3.63, 3.8) is 0 Å². The lowest BCUT2D eigenvalue weighted by Crippen LogP contribution is -2.36. The van der Waals surface area contributed by atoms with E-state index in [1.165, 1.54) is 11.3 Å². The van der Waals surface area contributed by atoms with E-state index in [1.807, 2.05) is 30.3 Å². The quantitative estimate of drug-likeness (QED) is 0.651. The number of hydrogen-bond donors (Lipinski definition) is 3. The van der Waals surface area contributed by atoms with Crippen molar-refractivity contribution in [3.05, 3.63) is 51.9 Å². The summed E-state index contributed by atoms with van der Waals surface area (Å²) in [5, 5.41) is 16.0. The van der Waals surface area contributed by atoms with E-state index in [0.29, 0.717) is 30.0 Å². The fourth-order valence-electron chi connectivity index (χ4n) is 4.54. The molecule has 0 spiro atoms. The minimum atomic E-state index is -0.913. The van der Waals surface area contributed by atoms with Crippen LogP contribution in [-0.2, 0) is 29.0 Å². The van der Waals surface area contributed by atoms with Crippen LogP contribution in [0.25, 0.3) is 0 Å². The zero-order valence-corrected chi connectivity index (χ0v) is 17.6. The highest BCUT2D eigenvalue weighted by atomic mass is 32.1. The van der Waals surface area contributed by atoms with Crippen molar-refractivity contribution in [1.82, 2.24) is 5.32 Å². The highest BCUT2D eigenvalue weighted by Crippen LogP contribution is 2.40. The molecule has 0 bridgehead atoms. The summed E-state index contributed by atoms with van der Waals surface area (Å²) in [4.78, 5) is 38.7. The molecule has 3 N–H and O–H groups in total. The van der Waals surface area contributed by atoms with Gasteiger partial charge in [0.2, 0.25) is 5.91 Å². The number of hydrogen-bond acceptors (Lipinski definition) is 4. The van der Waals surface area contributed by atoms with Gasteiger partial charge in [0.05, 0.1) is 17.4 Å². The topological polar surface area (TPSA) is 95.5 Å². The number of amides is 2. The lowest BCUT2D eigenvalue weighted by atomic mass is 9.79. The Hall–Kier alpha value is -2.67. The van der Waals surface area contributed by atoms with Gasteiger partial charge in [0, 0.05) is 11.4 Å². The van der Waals surface area contributed by atoms with Crippen LogP contribution in [0.3, 0.4) is 0 Å². The van der Waals surface area contributed by atoms with E-state index in [2.05, 4.69) is 10.6 Å². The molecular formula is C23H26N2O4S. The van der Waals surface area contributed by atoms with Gasteiger partial charge in [-0.1, -0.05) is 43.2 Å². The fourth-order valence-corrected chi connectivity index (χ4v) is 5.83. The van der Waals surface area contributed by atoms with Gasteiger partial charge in [-0.3, -0.25) is 14.4 Å². The summed E-state index contributed by atoms with van der Waals surface area (Å²) in [6.07, 6.45) is 5.54. The molecule has 0 saturated heterocycles. The molecule has 1 fully saturated rings. The molecule has 0 aliphatic heterocycles. The van der Waals surface area contributed by atoms with E-state index in [4.69, 9.17) is 0 Å². The van der Waals surface area contributed by atoms with E-state index >= 15 is 0 Å². The number of rotatable bonds is 6. The number of aliphatic carboxylic acids is 1. The predicted molar refractivity (Wildman–Crippen MR) is 116 cm³/mol. The van der Waals surface area contributed by atoms with Crippen molar-refractivity contribution < 1.29 is 19.5 Å². The number of carbonyl (C=O) groups is 3. The maximum absolute atomic E-state index is 13.0. The number of aryl methyl sites for hydroxylation is 1. The molecule has 1 saturated carbocycles. The van der Waals surface area contributed by atoms with Crippen molar-refractivity contribution in [3.8, 4) is 0 Å². The second-order valence-electron chi connectivity index (χ2n) is 8.05. The molecule has 2 amide bonds. The summed E-state index contributed by atoms with van der Waals surface area (Å²) in [6.45, 7) is 0.418. The predicted octanol–water partition coefficient (Wildman–Crippen LogP) is 4.00. The molecule has 1 heterocycles. The van der Waals surface area contributed by atoms with Crippen LogP contribution in [0.2, 0.25) is 0 Å². The second-order valence-corrected chi connectivity index (χ2v) is 9.16. The van der Waals surface area contributed by atoms with Crippen molar-refractivity contribution in [2.45, 2.75) is 51.5 Å². The number of thiophene rings is 1. The Bertz CT molecular complexity index is 954. The molecule has 0 radical (unpaired) electrons. The van der Waals surface area contributed by atoms with Gasteiger partial charge < -0.3 is 15.7 Å². The van der Waals surface area contributed by atoms with E-state index in [0.717, 1.165) is 48.1 Å². The fraction of sp³-hybridized carbons (Fsp3) is 0.435. The first kappa shape index (κ1) is 20.6. The molecule has 0 unspecified atom stereocenters. The average Bonchev–Trinajstić information content (AvgIpc) is 3.33.